The fourth-order valence-electron chi connectivity index (χ4n) is 4.86. The standard InChI is InChI=1S/C28H25BrN2O4/c1-17-15-19(7-12-23(17)29)26(33)24-25(18-5-4-6-22(32)16-18)31(28(35)27(24)34)21-10-8-20(9-11-21)30-13-2-3-14-30/h4-12,15-16,25,32-33H,2-3,13-14H2,1H3/b26-24-. The van der Waals surface area contributed by atoms with Crippen LogP contribution < -0.4 is 9.80 Å². The van der Waals surface area contributed by atoms with Gasteiger partial charge >= 0.3 is 0 Å². The highest BCUT2D eigenvalue weighted by Crippen LogP contribution is 2.43. The van der Waals surface area contributed by atoms with E-state index in [9.17, 15) is 19.8 Å². The summed E-state index contributed by atoms with van der Waals surface area (Å²) in [6.07, 6.45) is 2.31. The molecule has 2 aliphatic rings. The summed E-state index contributed by atoms with van der Waals surface area (Å²) in [4.78, 5) is 30.3. The number of aromatic hydroxyl groups is 1. The number of nitrogens with zero attached hydrogens (tertiary/aromatic N) is 2. The third-order valence-electron chi connectivity index (χ3n) is 6.66. The van der Waals surface area contributed by atoms with Crippen LogP contribution in [-0.2, 0) is 9.59 Å². The largest absolute Gasteiger partial charge is 0.508 e. The smallest absolute Gasteiger partial charge is 0.300 e. The molecule has 0 bridgehead atoms. The van der Waals surface area contributed by atoms with Crippen LogP contribution in [0.15, 0.2) is 76.8 Å². The third kappa shape index (κ3) is 4.21. The third-order valence-corrected chi connectivity index (χ3v) is 7.55. The molecule has 2 aliphatic heterocycles. The van der Waals surface area contributed by atoms with Gasteiger partial charge in [0.1, 0.15) is 11.5 Å². The second-order valence-electron chi connectivity index (χ2n) is 8.94. The monoisotopic (exact) mass is 532 g/mol. The van der Waals surface area contributed by atoms with Gasteiger partial charge in [-0.1, -0.05) is 34.1 Å². The van der Waals surface area contributed by atoms with Gasteiger partial charge in [0.05, 0.1) is 11.6 Å². The number of rotatable bonds is 4. The molecule has 178 valence electrons. The number of hydrogen-bond donors (Lipinski definition) is 2. The molecule has 0 radical (unpaired) electrons. The van der Waals surface area contributed by atoms with E-state index in [0.717, 1.165) is 41.7 Å². The number of anilines is 2. The van der Waals surface area contributed by atoms with Crippen molar-refractivity contribution in [1.29, 1.82) is 0 Å². The minimum atomic E-state index is -0.885. The maximum Gasteiger partial charge on any atom is 0.300 e. The second kappa shape index (κ2) is 9.23. The topological polar surface area (TPSA) is 81.1 Å². The molecule has 2 heterocycles. The molecule has 3 aromatic rings. The fourth-order valence-corrected chi connectivity index (χ4v) is 5.10. The molecule has 0 aromatic heterocycles. The molecular weight excluding hydrogens is 508 g/mol. The van der Waals surface area contributed by atoms with Gasteiger partial charge in [-0.25, -0.2) is 0 Å². The van der Waals surface area contributed by atoms with E-state index in [0.29, 0.717) is 16.8 Å². The van der Waals surface area contributed by atoms with Gasteiger partial charge in [0, 0.05) is 34.5 Å². The number of benzene rings is 3. The van der Waals surface area contributed by atoms with Crippen molar-refractivity contribution in [3.63, 3.8) is 0 Å². The molecule has 0 saturated carbocycles. The summed E-state index contributed by atoms with van der Waals surface area (Å²) in [7, 11) is 0. The summed E-state index contributed by atoms with van der Waals surface area (Å²) < 4.78 is 0.872. The number of aliphatic hydroxyl groups excluding tert-OH is 1. The van der Waals surface area contributed by atoms with Gasteiger partial charge in [-0.3, -0.25) is 14.5 Å². The Morgan fingerprint density at radius 1 is 0.943 bits per heavy atom. The first-order valence-electron chi connectivity index (χ1n) is 11.6. The fraction of sp³-hybridized carbons (Fsp3) is 0.214. The van der Waals surface area contributed by atoms with Crippen LogP contribution in [0.4, 0.5) is 11.4 Å². The Balaban J connectivity index is 1.64. The zero-order valence-electron chi connectivity index (χ0n) is 19.2. The highest BCUT2D eigenvalue weighted by molar-refractivity contribution is 9.10. The lowest BCUT2D eigenvalue weighted by Crippen LogP contribution is -2.29. The molecule has 1 amide bonds. The highest BCUT2D eigenvalue weighted by Gasteiger charge is 2.47. The maximum atomic E-state index is 13.3. The van der Waals surface area contributed by atoms with Crippen molar-refractivity contribution in [3.05, 3.63) is 93.5 Å². The lowest BCUT2D eigenvalue weighted by atomic mass is 9.94. The number of phenols is 1. The number of ketones is 1. The number of phenolic OH excluding ortho intramolecular Hbond substituents is 1. The number of carbonyl (C=O) groups excluding carboxylic acids is 2. The van der Waals surface area contributed by atoms with Crippen LogP contribution in [0.1, 0.15) is 35.6 Å². The maximum absolute atomic E-state index is 13.3. The van der Waals surface area contributed by atoms with Crippen LogP contribution >= 0.6 is 15.9 Å². The first kappa shape index (κ1) is 23.2. The van der Waals surface area contributed by atoms with Gasteiger partial charge in [0.2, 0.25) is 0 Å². The zero-order chi connectivity index (χ0) is 24.7. The van der Waals surface area contributed by atoms with Crippen molar-refractivity contribution in [1.82, 2.24) is 0 Å². The molecule has 2 fully saturated rings. The molecule has 3 aromatic carbocycles. The van der Waals surface area contributed by atoms with Gasteiger partial charge in [-0.2, -0.15) is 0 Å². The van der Waals surface area contributed by atoms with E-state index in [-0.39, 0.29) is 17.1 Å². The molecular formula is C28H25BrN2O4. The SMILES string of the molecule is Cc1cc(/C(O)=C2/C(=O)C(=O)N(c3ccc(N4CCCC4)cc3)C2c2cccc(O)c2)ccc1Br. The lowest BCUT2D eigenvalue weighted by molar-refractivity contribution is -0.132. The number of halogens is 1. The molecule has 5 rings (SSSR count). The van der Waals surface area contributed by atoms with Crippen LogP contribution in [0.2, 0.25) is 0 Å². The second-order valence-corrected chi connectivity index (χ2v) is 9.79. The minimum Gasteiger partial charge on any atom is -0.508 e. The molecule has 0 spiro atoms. The van der Waals surface area contributed by atoms with Crippen LogP contribution in [0.25, 0.3) is 5.76 Å². The first-order valence-corrected chi connectivity index (χ1v) is 12.4. The Kier molecular flexibility index (Phi) is 6.11. The number of aryl methyl sites for hydroxylation is 1. The van der Waals surface area contributed by atoms with Crippen molar-refractivity contribution < 1.29 is 19.8 Å². The highest BCUT2D eigenvalue weighted by atomic mass is 79.9. The molecule has 1 unspecified atom stereocenters. The van der Waals surface area contributed by atoms with E-state index in [1.54, 1.807) is 30.3 Å². The summed E-state index contributed by atoms with van der Waals surface area (Å²) >= 11 is 3.45. The molecule has 0 aliphatic carbocycles. The van der Waals surface area contributed by atoms with Crippen LogP contribution in [0.3, 0.4) is 0 Å². The van der Waals surface area contributed by atoms with Crippen LogP contribution in [0.5, 0.6) is 5.75 Å². The van der Waals surface area contributed by atoms with E-state index in [1.165, 1.54) is 17.0 Å². The van der Waals surface area contributed by atoms with Gasteiger partial charge in [0.25, 0.3) is 11.7 Å². The van der Waals surface area contributed by atoms with E-state index < -0.39 is 17.7 Å². The minimum absolute atomic E-state index is 0.00839. The summed E-state index contributed by atoms with van der Waals surface area (Å²) in [5.74, 6) is -1.72. The lowest BCUT2D eigenvalue weighted by Gasteiger charge is -2.26. The number of carbonyl (C=O) groups is 2. The Bertz CT molecular complexity index is 1340. The summed E-state index contributed by atoms with van der Waals surface area (Å²) in [6, 6.07) is 18.4. The van der Waals surface area contributed by atoms with Crippen molar-refractivity contribution in [2.45, 2.75) is 25.8 Å². The molecule has 7 heteroatoms. The predicted octanol–water partition coefficient (Wildman–Crippen LogP) is 5.69. The van der Waals surface area contributed by atoms with Gasteiger partial charge in [0.15, 0.2) is 0 Å². The molecule has 35 heavy (non-hydrogen) atoms. The summed E-state index contributed by atoms with van der Waals surface area (Å²) in [5.41, 5.74) is 3.47. The Hall–Kier alpha value is -3.58. The van der Waals surface area contributed by atoms with Gasteiger partial charge in [-0.05, 0) is 79.4 Å². The van der Waals surface area contributed by atoms with Crippen molar-refractivity contribution in [3.8, 4) is 5.75 Å². The van der Waals surface area contributed by atoms with Crippen molar-refractivity contribution in [2.75, 3.05) is 22.9 Å². The van der Waals surface area contributed by atoms with Crippen molar-refractivity contribution >= 4 is 44.8 Å². The van der Waals surface area contributed by atoms with E-state index in [4.69, 9.17) is 0 Å². The first-order chi connectivity index (χ1) is 16.8. The Morgan fingerprint density at radius 2 is 1.63 bits per heavy atom. The predicted molar refractivity (Wildman–Crippen MR) is 140 cm³/mol. The molecule has 2 N–H and O–H groups in total. The van der Waals surface area contributed by atoms with Crippen LogP contribution in [0, 0.1) is 6.92 Å². The zero-order valence-corrected chi connectivity index (χ0v) is 20.8. The molecule has 6 nitrogen and oxygen atoms in total. The van der Waals surface area contributed by atoms with Crippen molar-refractivity contribution in [2.24, 2.45) is 0 Å². The van der Waals surface area contributed by atoms with Gasteiger partial charge in [-0.15, -0.1) is 0 Å². The Labute approximate surface area is 212 Å². The molecule has 2 saturated heterocycles. The van der Waals surface area contributed by atoms with Crippen LogP contribution in [-0.4, -0.2) is 35.0 Å². The number of hydrogen-bond acceptors (Lipinski definition) is 5. The average molecular weight is 533 g/mol. The van der Waals surface area contributed by atoms with Gasteiger partial charge < -0.3 is 15.1 Å². The number of amides is 1. The summed E-state index contributed by atoms with van der Waals surface area (Å²) in [5, 5.41) is 21.4. The Morgan fingerprint density at radius 3 is 2.29 bits per heavy atom. The van der Waals surface area contributed by atoms with E-state index in [1.807, 2.05) is 31.2 Å². The number of Topliss-reactive ketones (excluding diaryl/α,β-unsaturated/α-hetero) is 1. The normalized spacial score (nSPS) is 19.5. The van der Waals surface area contributed by atoms with E-state index in [2.05, 4.69) is 20.8 Å². The van der Waals surface area contributed by atoms with E-state index >= 15 is 0 Å². The number of aliphatic hydroxyl groups is 1. The quantitative estimate of drug-likeness (QED) is 0.256. The summed E-state index contributed by atoms with van der Waals surface area (Å²) in [6.45, 7) is 3.88. The molecule has 1 atom stereocenters. The average Bonchev–Trinajstić information content (AvgIpc) is 3.48.